The minimum absolute atomic E-state index is 0.00347. The Balaban J connectivity index is 2.41. The molecule has 2 rings (SSSR count). The van der Waals surface area contributed by atoms with Crippen LogP contribution in [-0.4, -0.2) is 35.2 Å². The fourth-order valence-corrected chi connectivity index (χ4v) is 2.61. The molecule has 1 aromatic rings. The second-order valence-electron chi connectivity index (χ2n) is 6.03. The van der Waals surface area contributed by atoms with Crippen molar-refractivity contribution in [3.63, 3.8) is 0 Å². The molecule has 0 amide bonds. The second kappa shape index (κ2) is 5.33. The third kappa shape index (κ3) is 2.81. The van der Waals surface area contributed by atoms with Gasteiger partial charge in [-0.25, -0.2) is 4.98 Å². The number of aromatic nitrogens is 2. The molecular weight excluding hydrogens is 240 g/mol. The zero-order valence-electron chi connectivity index (χ0n) is 12.3. The van der Waals surface area contributed by atoms with Crippen molar-refractivity contribution in [1.82, 2.24) is 14.9 Å². The molecule has 1 fully saturated rings. The van der Waals surface area contributed by atoms with Gasteiger partial charge in [0, 0.05) is 37.1 Å². The Morgan fingerprint density at radius 2 is 2.26 bits per heavy atom. The van der Waals surface area contributed by atoms with Crippen LogP contribution < -0.4 is 15.8 Å². The van der Waals surface area contributed by atoms with Gasteiger partial charge >= 0.3 is 0 Å². The van der Waals surface area contributed by atoms with E-state index in [0.717, 1.165) is 26.1 Å². The molecule has 2 heterocycles. The summed E-state index contributed by atoms with van der Waals surface area (Å²) in [5.41, 5.74) is -0.217. The normalized spacial score (nSPS) is 19.7. The highest BCUT2D eigenvalue weighted by Crippen LogP contribution is 2.16. The van der Waals surface area contributed by atoms with Gasteiger partial charge < -0.3 is 14.8 Å². The molecule has 1 aliphatic heterocycles. The molecular formula is C14H24N4O. The number of rotatable bonds is 3. The molecule has 1 N–H and O–H groups in total. The van der Waals surface area contributed by atoms with E-state index < -0.39 is 0 Å². The highest BCUT2D eigenvalue weighted by atomic mass is 16.1. The van der Waals surface area contributed by atoms with Gasteiger partial charge in [0.15, 0.2) is 5.82 Å². The van der Waals surface area contributed by atoms with Gasteiger partial charge in [0.25, 0.3) is 5.56 Å². The largest absolute Gasteiger partial charge is 0.348 e. The Bertz CT molecular complexity index is 483. The van der Waals surface area contributed by atoms with Gasteiger partial charge in [0.05, 0.1) is 0 Å². The van der Waals surface area contributed by atoms with Gasteiger partial charge in [-0.05, 0) is 40.7 Å². The van der Waals surface area contributed by atoms with Gasteiger partial charge in [0.1, 0.15) is 0 Å². The molecule has 5 heteroatoms. The van der Waals surface area contributed by atoms with Crippen LogP contribution in [0.1, 0.15) is 34.1 Å². The lowest BCUT2D eigenvalue weighted by molar-refractivity contribution is 0.381. The number of hydrogen-bond donors (Lipinski definition) is 1. The van der Waals surface area contributed by atoms with Gasteiger partial charge in [-0.15, -0.1) is 0 Å². The lowest BCUT2D eigenvalue weighted by atomic mass is 10.1. The van der Waals surface area contributed by atoms with E-state index in [1.54, 1.807) is 17.0 Å². The maximum absolute atomic E-state index is 12.6. The molecule has 1 unspecified atom stereocenters. The van der Waals surface area contributed by atoms with Crippen molar-refractivity contribution in [2.75, 3.05) is 24.5 Å². The van der Waals surface area contributed by atoms with Crippen LogP contribution in [0.2, 0.25) is 0 Å². The van der Waals surface area contributed by atoms with E-state index in [1.165, 1.54) is 0 Å². The van der Waals surface area contributed by atoms with E-state index in [2.05, 4.69) is 22.1 Å². The molecule has 0 saturated carbocycles. The zero-order chi connectivity index (χ0) is 14.0. The summed E-state index contributed by atoms with van der Waals surface area (Å²) in [5, 5.41) is 3.34. The first kappa shape index (κ1) is 14.1. The third-order valence-corrected chi connectivity index (χ3v) is 3.63. The van der Waals surface area contributed by atoms with Crippen molar-refractivity contribution in [2.24, 2.45) is 0 Å². The molecule has 0 aromatic carbocycles. The number of anilines is 1. The van der Waals surface area contributed by atoms with Crippen LogP contribution >= 0.6 is 0 Å². The summed E-state index contributed by atoms with van der Waals surface area (Å²) in [5.74, 6) is 0.577. The van der Waals surface area contributed by atoms with E-state index in [0.29, 0.717) is 11.9 Å². The molecule has 1 atom stereocenters. The molecule has 0 bridgehead atoms. The summed E-state index contributed by atoms with van der Waals surface area (Å²) in [6.45, 7) is 10.9. The van der Waals surface area contributed by atoms with Crippen LogP contribution in [0, 0.1) is 0 Å². The Morgan fingerprint density at radius 1 is 1.53 bits per heavy atom. The molecule has 106 valence electrons. The van der Waals surface area contributed by atoms with E-state index >= 15 is 0 Å². The molecule has 19 heavy (non-hydrogen) atoms. The second-order valence-corrected chi connectivity index (χ2v) is 6.03. The van der Waals surface area contributed by atoms with Crippen molar-refractivity contribution in [3.05, 3.63) is 22.7 Å². The van der Waals surface area contributed by atoms with E-state index in [1.807, 2.05) is 20.8 Å². The van der Waals surface area contributed by atoms with Crippen LogP contribution in [0.4, 0.5) is 5.82 Å². The van der Waals surface area contributed by atoms with E-state index in [-0.39, 0.29) is 11.1 Å². The minimum atomic E-state index is -0.220. The van der Waals surface area contributed by atoms with E-state index in [4.69, 9.17) is 0 Å². The first-order chi connectivity index (χ1) is 8.95. The average Bonchev–Trinajstić information content (AvgIpc) is 2.84. The first-order valence-corrected chi connectivity index (χ1v) is 7.00. The van der Waals surface area contributed by atoms with Crippen LogP contribution in [0.15, 0.2) is 17.2 Å². The molecule has 5 nitrogen and oxygen atoms in total. The fourth-order valence-electron chi connectivity index (χ4n) is 2.61. The number of nitrogens with one attached hydrogen (secondary N) is 1. The van der Waals surface area contributed by atoms with Crippen molar-refractivity contribution in [1.29, 1.82) is 0 Å². The summed E-state index contributed by atoms with van der Waals surface area (Å²) in [4.78, 5) is 19.1. The predicted molar refractivity (Wildman–Crippen MR) is 77.8 cm³/mol. The SMILES string of the molecule is CCN(c1nccn(C(C)(C)C)c1=O)C1CCNC1. The lowest BCUT2D eigenvalue weighted by Crippen LogP contribution is -2.44. The van der Waals surface area contributed by atoms with E-state index in [9.17, 15) is 4.79 Å². The maximum atomic E-state index is 12.6. The Hall–Kier alpha value is -1.36. The van der Waals surface area contributed by atoms with Crippen molar-refractivity contribution >= 4 is 5.82 Å². The molecule has 1 saturated heterocycles. The molecule has 1 aliphatic rings. The maximum Gasteiger partial charge on any atom is 0.293 e. The standard InChI is InChI=1S/C14H24N4O/c1-5-17(11-6-7-15-10-11)12-13(19)18(9-8-16-12)14(2,3)4/h8-9,11,15H,5-7,10H2,1-4H3. The predicted octanol–water partition coefficient (Wildman–Crippen LogP) is 1.19. The quantitative estimate of drug-likeness (QED) is 0.891. The zero-order valence-corrected chi connectivity index (χ0v) is 12.3. The van der Waals surface area contributed by atoms with Crippen LogP contribution in [0.5, 0.6) is 0 Å². The smallest absolute Gasteiger partial charge is 0.293 e. The summed E-state index contributed by atoms with van der Waals surface area (Å²) in [6.07, 6.45) is 4.57. The van der Waals surface area contributed by atoms with Crippen LogP contribution in [0.25, 0.3) is 0 Å². The first-order valence-electron chi connectivity index (χ1n) is 7.00. The third-order valence-electron chi connectivity index (χ3n) is 3.63. The van der Waals surface area contributed by atoms with Crippen molar-refractivity contribution in [2.45, 2.75) is 45.7 Å². The topological polar surface area (TPSA) is 50.2 Å². The molecule has 1 aromatic heterocycles. The molecule has 0 aliphatic carbocycles. The summed E-state index contributed by atoms with van der Waals surface area (Å²) in [6, 6.07) is 0.376. The van der Waals surface area contributed by atoms with Crippen LogP contribution in [0.3, 0.4) is 0 Å². The van der Waals surface area contributed by atoms with Crippen molar-refractivity contribution in [3.8, 4) is 0 Å². The van der Waals surface area contributed by atoms with Crippen molar-refractivity contribution < 1.29 is 0 Å². The average molecular weight is 264 g/mol. The van der Waals surface area contributed by atoms with Gasteiger partial charge in [-0.2, -0.15) is 0 Å². The monoisotopic (exact) mass is 264 g/mol. The number of hydrogen-bond acceptors (Lipinski definition) is 4. The summed E-state index contributed by atoms with van der Waals surface area (Å²) < 4.78 is 1.76. The highest BCUT2D eigenvalue weighted by molar-refractivity contribution is 5.38. The van der Waals surface area contributed by atoms with Gasteiger partial charge in [0.2, 0.25) is 0 Å². The molecule has 0 spiro atoms. The Labute approximate surface area is 114 Å². The Kier molecular flexibility index (Phi) is 3.94. The minimum Gasteiger partial charge on any atom is -0.348 e. The number of nitrogens with zero attached hydrogens (tertiary/aromatic N) is 3. The van der Waals surface area contributed by atoms with Crippen LogP contribution in [-0.2, 0) is 5.54 Å². The Morgan fingerprint density at radius 3 is 2.79 bits per heavy atom. The van der Waals surface area contributed by atoms with Gasteiger partial charge in [-0.1, -0.05) is 0 Å². The van der Waals surface area contributed by atoms with Gasteiger partial charge in [-0.3, -0.25) is 4.79 Å². The summed E-state index contributed by atoms with van der Waals surface area (Å²) in [7, 11) is 0. The highest BCUT2D eigenvalue weighted by Gasteiger charge is 2.26. The molecule has 0 radical (unpaired) electrons. The fraction of sp³-hybridized carbons (Fsp3) is 0.714. The lowest BCUT2D eigenvalue weighted by Gasteiger charge is -2.29. The number of likely N-dealkylation sites (N-methyl/N-ethyl adjacent to an activating group) is 1. The summed E-state index contributed by atoms with van der Waals surface area (Å²) >= 11 is 0.